The molecule has 0 spiro atoms. The van der Waals surface area contributed by atoms with Crippen LogP contribution in [-0.4, -0.2) is 24.9 Å². The molecule has 0 radical (unpaired) electrons. The first-order valence-electron chi connectivity index (χ1n) is 17.2. The quantitative estimate of drug-likeness (QED) is 0.180. The van der Waals surface area contributed by atoms with Gasteiger partial charge in [0.15, 0.2) is 5.82 Å². The molecule has 5 aromatic carbocycles. The molecule has 8 aromatic rings. The van der Waals surface area contributed by atoms with Crippen LogP contribution in [0.4, 0.5) is 0 Å². The third-order valence-corrected chi connectivity index (χ3v) is 8.03. The third kappa shape index (κ3) is 15.4. The van der Waals surface area contributed by atoms with Crippen molar-refractivity contribution in [3.05, 3.63) is 211 Å². The minimum Gasteiger partial charge on any atom is -0.264 e. The van der Waals surface area contributed by atoms with Gasteiger partial charge in [-0.05, 0) is 67.6 Å². The average Bonchev–Trinajstić information content (AvgIpc) is 3.21. The van der Waals surface area contributed by atoms with Crippen molar-refractivity contribution in [2.75, 3.05) is 0 Å². The van der Waals surface area contributed by atoms with E-state index < -0.39 is 0 Å². The molecule has 8 rings (SSSR count). The van der Waals surface area contributed by atoms with Gasteiger partial charge in [-0.15, -0.1) is 0 Å². The van der Waals surface area contributed by atoms with Gasteiger partial charge < -0.3 is 0 Å². The van der Waals surface area contributed by atoms with Crippen LogP contribution in [-0.2, 0) is 0 Å². The van der Waals surface area contributed by atoms with E-state index in [9.17, 15) is 0 Å². The first-order chi connectivity index (χ1) is 25.4. The summed E-state index contributed by atoms with van der Waals surface area (Å²) in [6.07, 6.45) is 12.3. The first kappa shape index (κ1) is 47.4. The number of benzene rings is 5. The Balaban J connectivity index is 0.000000365. The van der Waals surface area contributed by atoms with Crippen molar-refractivity contribution in [3.63, 3.8) is 0 Å². The van der Waals surface area contributed by atoms with Gasteiger partial charge in [0.1, 0.15) is 6.33 Å². The van der Waals surface area contributed by atoms with Gasteiger partial charge in [-0.25, -0.2) is 19.9 Å². The standard InChI is InChI=1S/C13H12.C12H11N.2C11H10N2.4CH4/c1-11-7-9-13(10-8-11)12-5-3-2-4-6-12;1-10-4-6-11(7-5-10)12-3-2-8-13-9-12;1-9-3-5-10(6-4-9)11-12-7-2-8-13-11;1-9-2-4-10(5-3-9)11-6-12-8-13-7-11;;;;/h2-10H,1H3;2-9H,1H3;2*2-8H,1H3;4*1H4. The highest BCUT2D eigenvalue weighted by Crippen LogP contribution is 2.20. The number of pyridine rings is 1. The van der Waals surface area contributed by atoms with Crippen molar-refractivity contribution in [2.45, 2.75) is 57.4 Å². The van der Waals surface area contributed by atoms with Gasteiger partial charge in [0.25, 0.3) is 0 Å². The largest absolute Gasteiger partial charge is 0.264 e. The van der Waals surface area contributed by atoms with E-state index in [4.69, 9.17) is 0 Å². The van der Waals surface area contributed by atoms with Crippen LogP contribution >= 0.6 is 0 Å². The molecule has 0 saturated heterocycles. The van der Waals surface area contributed by atoms with E-state index >= 15 is 0 Å². The molecule has 0 amide bonds. The lowest BCUT2D eigenvalue weighted by Crippen LogP contribution is -1.85. The molecule has 0 N–H and O–H groups in total. The van der Waals surface area contributed by atoms with Gasteiger partial charge in [-0.2, -0.15) is 0 Å². The Morgan fingerprint density at radius 3 is 1.07 bits per heavy atom. The minimum absolute atomic E-state index is 0. The highest BCUT2D eigenvalue weighted by Gasteiger charge is 1.98. The molecule has 0 aliphatic rings. The lowest BCUT2D eigenvalue weighted by Gasteiger charge is -2.00. The summed E-state index contributed by atoms with van der Waals surface area (Å²) in [6, 6.07) is 49.8. The van der Waals surface area contributed by atoms with E-state index in [1.54, 1.807) is 18.6 Å². The van der Waals surface area contributed by atoms with Gasteiger partial charge in [-0.3, -0.25) is 4.98 Å². The van der Waals surface area contributed by atoms with Crippen LogP contribution < -0.4 is 0 Å². The van der Waals surface area contributed by atoms with E-state index in [0.717, 1.165) is 22.5 Å². The molecule has 0 aliphatic carbocycles. The average molecular weight is 742 g/mol. The number of nitrogens with zero attached hydrogens (tertiary/aromatic N) is 5. The molecule has 0 fully saturated rings. The Hall–Kier alpha value is -6.59. The zero-order valence-electron chi connectivity index (χ0n) is 30.1. The summed E-state index contributed by atoms with van der Waals surface area (Å²) >= 11 is 0. The fourth-order valence-electron chi connectivity index (χ4n) is 5.00. The molecule has 0 saturated carbocycles. The molecule has 56 heavy (non-hydrogen) atoms. The lowest BCUT2D eigenvalue weighted by molar-refractivity contribution is 1.17. The molecule has 0 aliphatic heterocycles. The van der Waals surface area contributed by atoms with E-state index in [0.29, 0.717) is 0 Å². The number of aromatic nitrogens is 5. The van der Waals surface area contributed by atoms with Crippen molar-refractivity contribution in [1.29, 1.82) is 0 Å². The summed E-state index contributed by atoms with van der Waals surface area (Å²) in [6.45, 7) is 8.34. The van der Waals surface area contributed by atoms with Gasteiger partial charge >= 0.3 is 0 Å². The second-order valence-corrected chi connectivity index (χ2v) is 12.3. The van der Waals surface area contributed by atoms with Crippen molar-refractivity contribution < 1.29 is 0 Å². The summed E-state index contributed by atoms with van der Waals surface area (Å²) in [4.78, 5) is 20.4. The van der Waals surface area contributed by atoms with Gasteiger partial charge in [0, 0.05) is 48.3 Å². The maximum atomic E-state index is 4.17. The van der Waals surface area contributed by atoms with E-state index in [1.165, 1.54) is 50.8 Å². The van der Waals surface area contributed by atoms with Crippen LogP contribution in [0.2, 0.25) is 0 Å². The maximum absolute atomic E-state index is 4.17. The number of rotatable bonds is 4. The van der Waals surface area contributed by atoms with Crippen LogP contribution in [0.5, 0.6) is 0 Å². The molecule has 0 unspecified atom stereocenters. The van der Waals surface area contributed by atoms with Gasteiger partial charge in [0.2, 0.25) is 0 Å². The zero-order valence-corrected chi connectivity index (χ0v) is 30.1. The molecular formula is C51H59N5. The van der Waals surface area contributed by atoms with Crippen LogP contribution in [0.3, 0.4) is 0 Å². The first-order valence-corrected chi connectivity index (χ1v) is 17.2. The monoisotopic (exact) mass is 741 g/mol. The smallest absolute Gasteiger partial charge is 0.159 e. The second-order valence-electron chi connectivity index (χ2n) is 12.3. The Bertz CT molecular complexity index is 1830. The van der Waals surface area contributed by atoms with E-state index in [2.05, 4.69) is 168 Å². The Kier molecular flexibility index (Phi) is 21.5. The lowest BCUT2D eigenvalue weighted by atomic mass is 10.0. The fraction of sp³-hybridized carbons (Fsp3) is 0.157. The topological polar surface area (TPSA) is 64.5 Å². The fourth-order valence-corrected chi connectivity index (χ4v) is 5.00. The van der Waals surface area contributed by atoms with Crippen molar-refractivity contribution in [1.82, 2.24) is 24.9 Å². The summed E-state index contributed by atoms with van der Waals surface area (Å²) in [7, 11) is 0. The number of hydrogen-bond donors (Lipinski definition) is 0. The predicted octanol–water partition coefficient (Wildman–Crippen LogP) is 14.2. The van der Waals surface area contributed by atoms with Crippen LogP contribution in [0.25, 0.3) is 44.8 Å². The molecule has 3 heterocycles. The molecule has 0 bridgehead atoms. The number of aryl methyl sites for hydroxylation is 4. The maximum Gasteiger partial charge on any atom is 0.159 e. The summed E-state index contributed by atoms with van der Waals surface area (Å²) in [5.41, 5.74) is 13.3. The van der Waals surface area contributed by atoms with E-state index in [-0.39, 0.29) is 29.7 Å². The Morgan fingerprint density at radius 1 is 0.286 bits per heavy atom. The highest BCUT2D eigenvalue weighted by atomic mass is 14.8. The molecule has 0 atom stereocenters. The van der Waals surface area contributed by atoms with Crippen molar-refractivity contribution in [3.8, 4) is 44.8 Å². The molecule has 5 heteroatoms. The summed E-state index contributed by atoms with van der Waals surface area (Å²) in [5, 5.41) is 0. The molecule has 288 valence electrons. The predicted molar refractivity (Wildman–Crippen MR) is 242 cm³/mol. The second kappa shape index (κ2) is 25.4. The normalized spacial score (nSPS) is 9.21. The summed E-state index contributed by atoms with van der Waals surface area (Å²) in [5.74, 6) is 0.780. The minimum atomic E-state index is 0. The van der Waals surface area contributed by atoms with Crippen LogP contribution in [0, 0.1) is 27.7 Å². The Labute approximate surface area is 337 Å². The summed E-state index contributed by atoms with van der Waals surface area (Å²) < 4.78 is 0. The van der Waals surface area contributed by atoms with Gasteiger partial charge in [-0.1, -0.05) is 185 Å². The highest BCUT2D eigenvalue weighted by molar-refractivity contribution is 5.64. The van der Waals surface area contributed by atoms with Crippen molar-refractivity contribution >= 4 is 0 Å². The SMILES string of the molecule is C.C.C.C.Cc1ccc(-c2ccccc2)cc1.Cc1ccc(-c2cccnc2)cc1.Cc1ccc(-c2cncnc2)cc1.Cc1ccc(-c2ncccn2)cc1. The van der Waals surface area contributed by atoms with E-state index in [1.807, 2.05) is 48.9 Å². The number of hydrogen-bond acceptors (Lipinski definition) is 5. The van der Waals surface area contributed by atoms with Gasteiger partial charge in [0.05, 0.1) is 0 Å². The molecule has 3 aromatic heterocycles. The van der Waals surface area contributed by atoms with Crippen LogP contribution in [0.15, 0.2) is 189 Å². The molecular weight excluding hydrogens is 683 g/mol. The third-order valence-electron chi connectivity index (χ3n) is 8.03. The van der Waals surface area contributed by atoms with Crippen molar-refractivity contribution in [2.24, 2.45) is 0 Å². The molecule has 5 nitrogen and oxygen atoms in total. The zero-order chi connectivity index (χ0) is 36.4. The Morgan fingerprint density at radius 2 is 0.643 bits per heavy atom. The van der Waals surface area contributed by atoms with Crippen LogP contribution in [0.1, 0.15) is 52.0 Å².